The molecule has 3 heterocycles. The number of amides is 1. The predicted molar refractivity (Wildman–Crippen MR) is 94.2 cm³/mol. The Morgan fingerprint density at radius 2 is 2.00 bits per heavy atom. The van der Waals surface area contributed by atoms with Gasteiger partial charge in [0.1, 0.15) is 18.2 Å². The van der Waals surface area contributed by atoms with Crippen molar-refractivity contribution < 1.29 is 13.9 Å². The fraction of sp³-hybridized carbons (Fsp3) is 0.0500. The fourth-order valence-electron chi connectivity index (χ4n) is 3.35. The molecular weight excluding hydrogens is 319 g/mol. The van der Waals surface area contributed by atoms with Crippen molar-refractivity contribution in [2.75, 3.05) is 11.9 Å². The zero-order valence-corrected chi connectivity index (χ0v) is 13.1. The molecule has 0 saturated heterocycles. The second-order valence-corrected chi connectivity index (χ2v) is 6.12. The molecule has 0 atom stereocenters. The monoisotopic (exact) mass is 332 g/mol. The Kier molecular flexibility index (Phi) is 2.85. The van der Waals surface area contributed by atoms with Gasteiger partial charge in [-0.2, -0.15) is 0 Å². The topological polar surface area (TPSA) is 54.1 Å². The quantitative estimate of drug-likeness (QED) is 0.660. The number of rotatable bonds is 1. The molecular formula is C20H13FN2O2. The van der Waals surface area contributed by atoms with E-state index in [1.807, 2.05) is 30.5 Å². The number of benzene rings is 2. The highest BCUT2D eigenvalue weighted by atomic mass is 19.1. The summed E-state index contributed by atoms with van der Waals surface area (Å²) in [7, 11) is 0. The normalized spacial score (nSPS) is 18.9. The average Bonchev–Trinajstić information content (AvgIpc) is 3.30. The lowest BCUT2D eigenvalue weighted by Gasteiger charge is -2.03. The van der Waals surface area contributed by atoms with Crippen LogP contribution in [0.5, 0.6) is 0 Å². The number of hydrogen-bond donors (Lipinski definition) is 2. The Hall–Kier alpha value is -3.34. The van der Waals surface area contributed by atoms with Crippen molar-refractivity contribution >= 4 is 33.6 Å². The van der Waals surface area contributed by atoms with Gasteiger partial charge in [0, 0.05) is 22.9 Å². The van der Waals surface area contributed by atoms with E-state index in [4.69, 9.17) is 4.74 Å². The van der Waals surface area contributed by atoms with Crippen LogP contribution in [0.2, 0.25) is 0 Å². The second kappa shape index (κ2) is 5.08. The minimum atomic E-state index is -0.381. The molecule has 0 radical (unpaired) electrons. The third-order valence-electron chi connectivity index (χ3n) is 4.59. The number of fused-ring (bicyclic) bond motifs is 2. The van der Waals surface area contributed by atoms with Gasteiger partial charge in [-0.25, -0.2) is 4.39 Å². The first-order valence-corrected chi connectivity index (χ1v) is 7.95. The third-order valence-corrected chi connectivity index (χ3v) is 4.59. The summed E-state index contributed by atoms with van der Waals surface area (Å²) in [6.07, 6.45) is 3.79. The van der Waals surface area contributed by atoms with Crippen LogP contribution in [0.1, 0.15) is 11.1 Å². The first-order chi connectivity index (χ1) is 12.2. The maximum atomic E-state index is 13.4. The summed E-state index contributed by atoms with van der Waals surface area (Å²) in [5, 5.41) is 3.81. The molecule has 2 aliphatic rings. The second-order valence-electron chi connectivity index (χ2n) is 6.12. The molecule has 1 aromatic heterocycles. The molecule has 1 amide bonds. The van der Waals surface area contributed by atoms with Crippen LogP contribution >= 0.6 is 0 Å². The van der Waals surface area contributed by atoms with Crippen LogP contribution < -0.4 is 5.32 Å². The number of carbonyl (C=O) groups is 1. The predicted octanol–water partition coefficient (Wildman–Crippen LogP) is 4.08. The first kappa shape index (κ1) is 14.0. The van der Waals surface area contributed by atoms with Crippen molar-refractivity contribution in [2.45, 2.75) is 0 Å². The Bertz CT molecular complexity index is 1110. The molecule has 0 fully saturated rings. The third kappa shape index (κ3) is 2.16. The Morgan fingerprint density at radius 1 is 1.08 bits per heavy atom. The lowest BCUT2D eigenvalue weighted by atomic mass is 10.0. The van der Waals surface area contributed by atoms with Gasteiger partial charge >= 0.3 is 0 Å². The molecule has 4 nitrogen and oxygen atoms in total. The van der Waals surface area contributed by atoms with Gasteiger partial charge in [0.05, 0.1) is 11.3 Å². The Morgan fingerprint density at radius 3 is 2.92 bits per heavy atom. The van der Waals surface area contributed by atoms with Crippen molar-refractivity contribution in [3.8, 4) is 0 Å². The number of halogens is 1. The number of H-pyrrole nitrogens is 1. The zero-order chi connectivity index (χ0) is 17.0. The number of aromatic nitrogens is 1. The minimum absolute atomic E-state index is 0.269. The van der Waals surface area contributed by atoms with Gasteiger partial charge in [-0.3, -0.25) is 4.79 Å². The van der Waals surface area contributed by atoms with Gasteiger partial charge in [-0.05, 0) is 53.4 Å². The molecule has 5 rings (SSSR count). The molecule has 0 unspecified atom stereocenters. The maximum absolute atomic E-state index is 13.4. The van der Waals surface area contributed by atoms with E-state index in [0.717, 1.165) is 22.0 Å². The van der Waals surface area contributed by atoms with Crippen LogP contribution in [0, 0.1) is 5.82 Å². The highest BCUT2D eigenvalue weighted by Gasteiger charge is 2.30. The number of anilines is 1. The van der Waals surface area contributed by atoms with Gasteiger partial charge < -0.3 is 15.0 Å². The summed E-state index contributed by atoms with van der Waals surface area (Å²) in [5.41, 5.74) is 4.74. The molecule has 0 spiro atoms. The highest BCUT2D eigenvalue weighted by Crippen LogP contribution is 2.38. The number of hydrogen-bond acceptors (Lipinski definition) is 2. The minimum Gasteiger partial charge on any atom is -0.488 e. The van der Waals surface area contributed by atoms with Gasteiger partial charge in [0.25, 0.3) is 5.91 Å². The molecule has 0 bridgehead atoms. The molecule has 122 valence electrons. The van der Waals surface area contributed by atoms with Gasteiger partial charge in [0.15, 0.2) is 0 Å². The van der Waals surface area contributed by atoms with Crippen molar-refractivity contribution in [2.24, 2.45) is 0 Å². The van der Waals surface area contributed by atoms with E-state index in [0.29, 0.717) is 29.2 Å². The SMILES string of the molecule is O=C1Nc2cc(F)ccc2/C1=C1/C=C(c2ccc3[nH]ccc3c2)CO1. The van der Waals surface area contributed by atoms with Crippen LogP contribution in [0.25, 0.3) is 22.0 Å². The maximum Gasteiger partial charge on any atom is 0.260 e. The molecule has 3 aromatic rings. The van der Waals surface area contributed by atoms with Crippen molar-refractivity contribution in [3.05, 3.63) is 77.4 Å². The number of allylic oxidation sites excluding steroid dienone is 1. The summed E-state index contributed by atoms with van der Waals surface area (Å²) in [6, 6.07) is 12.4. The lowest BCUT2D eigenvalue weighted by molar-refractivity contribution is -0.110. The van der Waals surface area contributed by atoms with E-state index in [9.17, 15) is 9.18 Å². The molecule has 0 aliphatic carbocycles. The van der Waals surface area contributed by atoms with E-state index in [2.05, 4.69) is 16.4 Å². The first-order valence-electron chi connectivity index (χ1n) is 7.95. The van der Waals surface area contributed by atoms with E-state index < -0.39 is 0 Å². The summed E-state index contributed by atoms with van der Waals surface area (Å²) >= 11 is 0. The van der Waals surface area contributed by atoms with Crippen molar-refractivity contribution in [1.29, 1.82) is 0 Å². The number of carbonyl (C=O) groups excluding carboxylic acids is 1. The zero-order valence-electron chi connectivity index (χ0n) is 13.1. The standard InChI is InChI=1S/C20H13FN2O2/c21-14-2-3-15-17(9-14)23-20(24)19(15)18-8-13(10-25-18)11-1-4-16-12(7-11)5-6-22-16/h1-9,22H,10H2,(H,23,24)/b19-18+. The number of ether oxygens (including phenoxy) is 1. The molecule has 5 heteroatoms. The van der Waals surface area contributed by atoms with Gasteiger partial charge in [0.2, 0.25) is 0 Å². The smallest absolute Gasteiger partial charge is 0.260 e. The van der Waals surface area contributed by atoms with E-state index in [1.165, 1.54) is 12.1 Å². The number of aromatic amines is 1. The number of nitrogens with one attached hydrogen (secondary N) is 2. The molecule has 2 aliphatic heterocycles. The summed E-state index contributed by atoms with van der Waals surface area (Å²) < 4.78 is 19.1. The molecule has 0 saturated carbocycles. The Labute approximate surface area is 142 Å². The Balaban J connectivity index is 1.60. The van der Waals surface area contributed by atoms with Gasteiger partial charge in [-0.1, -0.05) is 6.07 Å². The molecule has 2 N–H and O–H groups in total. The summed E-state index contributed by atoms with van der Waals surface area (Å²) in [6.45, 7) is 0.401. The van der Waals surface area contributed by atoms with Crippen LogP contribution in [0.3, 0.4) is 0 Å². The molecule has 2 aromatic carbocycles. The van der Waals surface area contributed by atoms with Crippen LogP contribution in [-0.2, 0) is 9.53 Å². The van der Waals surface area contributed by atoms with Crippen LogP contribution in [0.15, 0.2) is 60.5 Å². The highest BCUT2D eigenvalue weighted by molar-refractivity contribution is 6.32. The largest absolute Gasteiger partial charge is 0.488 e. The van der Waals surface area contributed by atoms with Crippen LogP contribution in [0.4, 0.5) is 10.1 Å². The summed E-state index contributed by atoms with van der Waals surface area (Å²) in [5.74, 6) is -0.130. The summed E-state index contributed by atoms with van der Waals surface area (Å²) in [4.78, 5) is 15.5. The molecule has 25 heavy (non-hydrogen) atoms. The van der Waals surface area contributed by atoms with E-state index in [-0.39, 0.29) is 11.7 Å². The van der Waals surface area contributed by atoms with Crippen LogP contribution in [-0.4, -0.2) is 17.5 Å². The van der Waals surface area contributed by atoms with Crippen molar-refractivity contribution in [3.63, 3.8) is 0 Å². The fourth-order valence-corrected chi connectivity index (χ4v) is 3.35. The van der Waals surface area contributed by atoms with E-state index in [1.54, 1.807) is 6.07 Å². The van der Waals surface area contributed by atoms with E-state index >= 15 is 0 Å². The average molecular weight is 332 g/mol. The lowest BCUT2D eigenvalue weighted by Crippen LogP contribution is -2.05. The van der Waals surface area contributed by atoms with Gasteiger partial charge in [-0.15, -0.1) is 0 Å². The van der Waals surface area contributed by atoms with Crippen molar-refractivity contribution in [1.82, 2.24) is 4.98 Å².